The lowest BCUT2D eigenvalue weighted by molar-refractivity contribution is -0.122. The quantitative estimate of drug-likeness (QED) is 0.658. The van der Waals surface area contributed by atoms with Gasteiger partial charge in [-0.1, -0.05) is 27.2 Å². The Morgan fingerprint density at radius 2 is 2.00 bits per heavy atom. The number of carbonyl (C=O) groups excluding carboxylic acids is 1. The highest BCUT2D eigenvalue weighted by Gasteiger charge is 2.11. The van der Waals surface area contributed by atoms with E-state index < -0.39 is 0 Å². The molecule has 0 spiro atoms. The van der Waals surface area contributed by atoms with E-state index in [0.29, 0.717) is 12.3 Å². The summed E-state index contributed by atoms with van der Waals surface area (Å²) < 4.78 is 0. The van der Waals surface area contributed by atoms with Crippen LogP contribution in [0.25, 0.3) is 0 Å². The molecule has 1 amide bonds. The number of hydrogen-bond acceptors (Lipinski definition) is 2. The molecule has 3 heteroatoms. The Hall–Kier alpha value is -0.570. The van der Waals surface area contributed by atoms with Crippen molar-refractivity contribution in [1.82, 2.24) is 5.32 Å². The Labute approximate surface area is 80.5 Å². The Balaban J connectivity index is 3.72. The summed E-state index contributed by atoms with van der Waals surface area (Å²) in [6.45, 7) is 6.11. The molecule has 0 saturated heterocycles. The first-order chi connectivity index (χ1) is 6.13. The Morgan fingerprint density at radius 1 is 1.38 bits per heavy atom. The highest BCUT2D eigenvalue weighted by molar-refractivity contribution is 5.76. The van der Waals surface area contributed by atoms with Crippen LogP contribution in [0.2, 0.25) is 0 Å². The molecule has 13 heavy (non-hydrogen) atoms. The minimum atomic E-state index is -0.0726. The molecule has 0 aliphatic heterocycles. The van der Waals surface area contributed by atoms with Crippen molar-refractivity contribution < 1.29 is 9.90 Å². The number of amides is 1. The van der Waals surface area contributed by atoms with Gasteiger partial charge in [0.2, 0.25) is 5.91 Å². The smallest absolute Gasteiger partial charge is 0.220 e. The normalized spacial score (nSPS) is 15.1. The predicted octanol–water partition coefficient (Wildman–Crippen LogP) is 1.31. The van der Waals surface area contributed by atoms with Gasteiger partial charge in [0.15, 0.2) is 0 Å². The maximum atomic E-state index is 11.3. The second-order valence-electron chi connectivity index (χ2n) is 3.57. The molecule has 0 aromatic carbocycles. The molecule has 0 fully saturated rings. The summed E-state index contributed by atoms with van der Waals surface area (Å²) >= 11 is 0. The van der Waals surface area contributed by atoms with Crippen molar-refractivity contribution in [1.29, 1.82) is 0 Å². The molecule has 0 saturated carbocycles. The number of hydrogen-bond donors (Lipinski definition) is 2. The molecule has 0 bridgehead atoms. The highest BCUT2D eigenvalue weighted by Crippen LogP contribution is 2.06. The van der Waals surface area contributed by atoms with Gasteiger partial charge in [0.1, 0.15) is 0 Å². The number of nitrogens with one attached hydrogen (secondary N) is 1. The molecule has 3 nitrogen and oxygen atoms in total. The van der Waals surface area contributed by atoms with Gasteiger partial charge in [-0.05, 0) is 12.3 Å². The molecule has 78 valence electrons. The van der Waals surface area contributed by atoms with Gasteiger partial charge < -0.3 is 10.4 Å². The SMILES string of the molecule is CCC(C)CC(=O)N[C@@H](CC)CO. The summed E-state index contributed by atoms with van der Waals surface area (Å²) in [4.78, 5) is 11.3. The average molecular weight is 187 g/mol. The summed E-state index contributed by atoms with van der Waals surface area (Å²) in [5.41, 5.74) is 0. The zero-order valence-electron chi connectivity index (χ0n) is 8.84. The lowest BCUT2D eigenvalue weighted by Gasteiger charge is -2.15. The van der Waals surface area contributed by atoms with E-state index in [1.807, 2.05) is 6.92 Å². The molecule has 2 N–H and O–H groups in total. The van der Waals surface area contributed by atoms with E-state index in [2.05, 4.69) is 19.2 Å². The van der Waals surface area contributed by atoms with E-state index in [4.69, 9.17) is 5.11 Å². The largest absolute Gasteiger partial charge is 0.394 e. The van der Waals surface area contributed by atoms with Crippen LogP contribution in [0.5, 0.6) is 0 Å². The van der Waals surface area contributed by atoms with Gasteiger partial charge in [0, 0.05) is 6.42 Å². The summed E-state index contributed by atoms with van der Waals surface area (Å²) in [6.07, 6.45) is 2.36. The fourth-order valence-electron chi connectivity index (χ4n) is 1.02. The van der Waals surface area contributed by atoms with Crippen LogP contribution in [0, 0.1) is 5.92 Å². The third kappa shape index (κ3) is 5.64. The van der Waals surface area contributed by atoms with Crippen molar-refractivity contribution in [2.75, 3.05) is 6.61 Å². The Kier molecular flexibility index (Phi) is 6.59. The van der Waals surface area contributed by atoms with Gasteiger partial charge in [-0.2, -0.15) is 0 Å². The van der Waals surface area contributed by atoms with Crippen molar-refractivity contribution in [2.45, 2.75) is 46.1 Å². The topological polar surface area (TPSA) is 49.3 Å². The first-order valence-corrected chi connectivity index (χ1v) is 5.04. The first-order valence-electron chi connectivity index (χ1n) is 5.04. The summed E-state index contributed by atoms with van der Waals surface area (Å²) in [5.74, 6) is 0.478. The number of aliphatic hydroxyl groups is 1. The summed E-state index contributed by atoms with van der Waals surface area (Å²) in [5, 5.41) is 11.6. The van der Waals surface area contributed by atoms with E-state index in [0.717, 1.165) is 12.8 Å². The zero-order chi connectivity index (χ0) is 10.3. The standard InChI is InChI=1S/C10H21NO2/c1-4-8(3)6-10(13)11-9(5-2)7-12/h8-9,12H,4-7H2,1-3H3,(H,11,13)/t8?,9-/m0/s1. The van der Waals surface area contributed by atoms with Crippen molar-refractivity contribution in [3.05, 3.63) is 0 Å². The van der Waals surface area contributed by atoms with Crippen molar-refractivity contribution in [3.63, 3.8) is 0 Å². The van der Waals surface area contributed by atoms with Crippen LogP contribution in [0.15, 0.2) is 0 Å². The maximum absolute atomic E-state index is 11.3. The van der Waals surface area contributed by atoms with Crippen molar-refractivity contribution in [2.24, 2.45) is 5.92 Å². The van der Waals surface area contributed by atoms with Crippen LogP contribution in [-0.2, 0) is 4.79 Å². The highest BCUT2D eigenvalue weighted by atomic mass is 16.3. The molecule has 0 rings (SSSR count). The molecule has 0 aliphatic carbocycles. The fourth-order valence-corrected chi connectivity index (χ4v) is 1.02. The van der Waals surface area contributed by atoms with Gasteiger partial charge >= 0.3 is 0 Å². The van der Waals surface area contributed by atoms with E-state index in [-0.39, 0.29) is 18.6 Å². The number of rotatable bonds is 6. The second-order valence-corrected chi connectivity index (χ2v) is 3.57. The maximum Gasteiger partial charge on any atom is 0.220 e. The van der Waals surface area contributed by atoms with Gasteiger partial charge in [-0.15, -0.1) is 0 Å². The van der Waals surface area contributed by atoms with Crippen LogP contribution >= 0.6 is 0 Å². The van der Waals surface area contributed by atoms with Crippen LogP contribution < -0.4 is 5.32 Å². The van der Waals surface area contributed by atoms with E-state index in [1.165, 1.54) is 0 Å². The molecule has 0 aromatic heterocycles. The molecule has 0 aliphatic rings. The van der Waals surface area contributed by atoms with Crippen LogP contribution in [0.1, 0.15) is 40.0 Å². The zero-order valence-corrected chi connectivity index (χ0v) is 8.84. The molecule has 2 atom stereocenters. The third-order valence-electron chi connectivity index (χ3n) is 2.31. The Morgan fingerprint density at radius 3 is 2.38 bits per heavy atom. The van der Waals surface area contributed by atoms with Gasteiger partial charge in [0.05, 0.1) is 12.6 Å². The molecular formula is C10H21NO2. The fraction of sp³-hybridized carbons (Fsp3) is 0.900. The van der Waals surface area contributed by atoms with Crippen molar-refractivity contribution >= 4 is 5.91 Å². The number of aliphatic hydroxyl groups excluding tert-OH is 1. The second kappa shape index (κ2) is 6.89. The van der Waals surface area contributed by atoms with E-state index in [1.54, 1.807) is 0 Å². The van der Waals surface area contributed by atoms with E-state index in [9.17, 15) is 4.79 Å². The molecular weight excluding hydrogens is 166 g/mol. The first kappa shape index (κ1) is 12.4. The molecule has 0 aromatic rings. The molecule has 0 radical (unpaired) electrons. The lowest BCUT2D eigenvalue weighted by atomic mass is 10.0. The predicted molar refractivity (Wildman–Crippen MR) is 53.4 cm³/mol. The van der Waals surface area contributed by atoms with Crippen LogP contribution in [0.3, 0.4) is 0 Å². The minimum absolute atomic E-state index is 0.0305. The average Bonchev–Trinajstić information content (AvgIpc) is 2.13. The monoisotopic (exact) mass is 187 g/mol. The van der Waals surface area contributed by atoms with E-state index >= 15 is 0 Å². The lowest BCUT2D eigenvalue weighted by Crippen LogP contribution is -2.37. The third-order valence-corrected chi connectivity index (χ3v) is 2.31. The van der Waals surface area contributed by atoms with Crippen LogP contribution in [0.4, 0.5) is 0 Å². The van der Waals surface area contributed by atoms with Gasteiger partial charge in [-0.3, -0.25) is 4.79 Å². The summed E-state index contributed by atoms with van der Waals surface area (Å²) in [6, 6.07) is -0.0726. The van der Waals surface area contributed by atoms with Crippen molar-refractivity contribution in [3.8, 4) is 0 Å². The molecule has 0 heterocycles. The minimum Gasteiger partial charge on any atom is -0.394 e. The number of carbonyl (C=O) groups is 1. The molecule has 1 unspecified atom stereocenters. The van der Waals surface area contributed by atoms with Gasteiger partial charge in [-0.25, -0.2) is 0 Å². The van der Waals surface area contributed by atoms with Crippen LogP contribution in [-0.4, -0.2) is 23.7 Å². The summed E-state index contributed by atoms with van der Waals surface area (Å²) in [7, 11) is 0. The Bertz CT molecular complexity index is 144. The van der Waals surface area contributed by atoms with Gasteiger partial charge in [0.25, 0.3) is 0 Å².